The van der Waals surface area contributed by atoms with Crippen LogP contribution >= 0.6 is 0 Å². The van der Waals surface area contributed by atoms with E-state index in [0.29, 0.717) is 12.1 Å². The van der Waals surface area contributed by atoms with Gasteiger partial charge in [0.1, 0.15) is 6.07 Å². The van der Waals surface area contributed by atoms with Crippen molar-refractivity contribution >= 4 is 11.7 Å². The van der Waals surface area contributed by atoms with E-state index in [-0.39, 0.29) is 12.1 Å². The molecular formula is C15H12N4O. The Morgan fingerprint density at radius 1 is 1.25 bits per heavy atom. The number of nitrogens with zero attached hydrogens (tertiary/aromatic N) is 3. The second kappa shape index (κ2) is 5.02. The van der Waals surface area contributed by atoms with Gasteiger partial charge in [0, 0.05) is 11.9 Å². The van der Waals surface area contributed by atoms with E-state index in [2.05, 4.69) is 10.3 Å². The first-order valence-electron chi connectivity index (χ1n) is 6.27. The summed E-state index contributed by atoms with van der Waals surface area (Å²) < 4.78 is 0. The number of anilines is 1. The summed E-state index contributed by atoms with van der Waals surface area (Å²) in [6.07, 6.45) is 1.52. The van der Waals surface area contributed by atoms with Crippen LogP contribution in [-0.4, -0.2) is 17.6 Å². The lowest BCUT2D eigenvalue weighted by atomic mass is 10.1. The predicted octanol–water partition coefficient (Wildman–Crippen LogP) is 2.22. The summed E-state index contributed by atoms with van der Waals surface area (Å²) in [6, 6.07) is 14.7. The fourth-order valence-corrected chi connectivity index (χ4v) is 2.21. The largest absolute Gasteiger partial charge is 0.327 e. The molecule has 2 heterocycles. The molecule has 20 heavy (non-hydrogen) atoms. The summed E-state index contributed by atoms with van der Waals surface area (Å²) >= 11 is 0. The third-order valence-electron chi connectivity index (χ3n) is 3.25. The molecule has 0 aliphatic carbocycles. The Balaban J connectivity index is 1.81. The van der Waals surface area contributed by atoms with Crippen LogP contribution in [-0.2, 0) is 0 Å². The highest BCUT2D eigenvalue weighted by molar-refractivity contribution is 5.94. The summed E-state index contributed by atoms with van der Waals surface area (Å²) in [7, 11) is 0. The molecular weight excluding hydrogens is 252 g/mol. The number of carbonyl (C=O) groups is 1. The van der Waals surface area contributed by atoms with Crippen LogP contribution in [0.4, 0.5) is 10.5 Å². The number of para-hydroxylation sites is 1. The Kier molecular flexibility index (Phi) is 3.05. The van der Waals surface area contributed by atoms with Gasteiger partial charge < -0.3 is 5.32 Å². The van der Waals surface area contributed by atoms with Crippen molar-refractivity contribution in [3.8, 4) is 6.07 Å². The fourth-order valence-electron chi connectivity index (χ4n) is 2.21. The summed E-state index contributed by atoms with van der Waals surface area (Å²) in [5.41, 5.74) is 2.13. The lowest BCUT2D eigenvalue weighted by Gasteiger charge is -2.14. The van der Waals surface area contributed by atoms with Crippen LogP contribution in [0.2, 0.25) is 0 Å². The number of nitrogens with one attached hydrogen (secondary N) is 1. The predicted molar refractivity (Wildman–Crippen MR) is 74.0 cm³/mol. The van der Waals surface area contributed by atoms with Crippen molar-refractivity contribution in [3.05, 3.63) is 59.9 Å². The van der Waals surface area contributed by atoms with Crippen LogP contribution in [0.1, 0.15) is 17.3 Å². The van der Waals surface area contributed by atoms with Crippen molar-refractivity contribution in [2.75, 3.05) is 11.4 Å². The van der Waals surface area contributed by atoms with E-state index in [1.807, 2.05) is 36.4 Å². The number of hydrogen-bond donors (Lipinski definition) is 1. The smallest absolute Gasteiger partial charge is 0.322 e. The number of amides is 2. The van der Waals surface area contributed by atoms with Gasteiger partial charge in [0.05, 0.1) is 23.8 Å². The number of hydrogen-bond acceptors (Lipinski definition) is 3. The van der Waals surface area contributed by atoms with E-state index in [1.165, 1.54) is 6.20 Å². The molecule has 0 saturated carbocycles. The van der Waals surface area contributed by atoms with E-state index in [4.69, 9.17) is 5.26 Å². The van der Waals surface area contributed by atoms with Gasteiger partial charge in [-0.2, -0.15) is 5.26 Å². The lowest BCUT2D eigenvalue weighted by molar-refractivity contribution is 0.251. The molecule has 0 radical (unpaired) electrons. The Bertz CT molecular complexity index is 661. The van der Waals surface area contributed by atoms with Crippen molar-refractivity contribution in [2.45, 2.75) is 6.04 Å². The molecule has 1 N–H and O–H groups in total. The number of rotatable bonds is 2. The Morgan fingerprint density at radius 3 is 2.70 bits per heavy atom. The first-order chi connectivity index (χ1) is 9.78. The van der Waals surface area contributed by atoms with Gasteiger partial charge in [0.2, 0.25) is 0 Å². The minimum Gasteiger partial charge on any atom is -0.327 e. The van der Waals surface area contributed by atoms with E-state index in [9.17, 15) is 4.79 Å². The third kappa shape index (κ3) is 2.19. The third-order valence-corrected chi connectivity index (χ3v) is 3.25. The molecule has 1 saturated heterocycles. The number of carbonyl (C=O) groups excluding carboxylic acids is 1. The molecule has 1 aromatic heterocycles. The number of benzene rings is 1. The molecule has 1 aliphatic heterocycles. The minimum absolute atomic E-state index is 0.132. The van der Waals surface area contributed by atoms with E-state index >= 15 is 0 Å². The maximum Gasteiger partial charge on any atom is 0.322 e. The molecule has 1 aromatic carbocycles. The van der Waals surface area contributed by atoms with Gasteiger partial charge in [-0.15, -0.1) is 0 Å². The summed E-state index contributed by atoms with van der Waals surface area (Å²) in [5.74, 6) is 0. The molecule has 0 spiro atoms. The Hall–Kier alpha value is -2.87. The first kappa shape index (κ1) is 12.2. The van der Waals surface area contributed by atoms with Crippen LogP contribution in [0.15, 0.2) is 48.7 Å². The Morgan fingerprint density at radius 2 is 2.05 bits per heavy atom. The van der Waals surface area contributed by atoms with Crippen molar-refractivity contribution in [3.63, 3.8) is 0 Å². The maximum atomic E-state index is 12.0. The molecule has 3 rings (SSSR count). The van der Waals surface area contributed by atoms with Gasteiger partial charge in [-0.3, -0.25) is 9.88 Å². The lowest BCUT2D eigenvalue weighted by Crippen LogP contribution is -2.27. The summed E-state index contributed by atoms with van der Waals surface area (Å²) in [4.78, 5) is 17.9. The normalized spacial score (nSPS) is 17.6. The van der Waals surface area contributed by atoms with Gasteiger partial charge in [-0.05, 0) is 24.3 Å². The SMILES string of the molecule is N#Cc1ccc(C2CN(c3ccccc3)C(=O)N2)nc1. The van der Waals surface area contributed by atoms with Crippen LogP contribution in [0, 0.1) is 11.3 Å². The fraction of sp³-hybridized carbons (Fsp3) is 0.133. The van der Waals surface area contributed by atoms with Crippen molar-refractivity contribution in [2.24, 2.45) is 0 Å². The van der Waals surface area contributed by atoms with E-state index < -0.39 is 0 Å². The standard InChI is InChI=1S/C15H12N4O/c16-8-11-6-7-13(17-9-11)14-10-19(15(20)18-14)12-4-2-1-3-5-12/h1-7,9,14H,10H2,(H,18,20). The van der Waals surface area contributed by atoms with E-state index in [0.717, 1.165) is 11.4 Å². The monoisotopic (exact) mass is 264 g/mol. The van der Waals surface area contributed by atoms with Crippen molar-refractivity contribution in [1.29, 1.82) is 5.26 Å². The topological polar surface area (TPSA) is 69.0 Å². The highest BCUT2D eigenvalue weighted by Crippen LogP contribution is 2.24. The van der Waals surface area contributed by atoms with Crippen LogP contribution in [0.25, 0.3) is 0 Å². The zero-order valence-electron chi connectivity index (χ0n) is 10.7. The molecule has 98 valence electrons. The van der Waals surface area contributed by atoms with E-state index in [1.54, 1.807) is 17.0 Å². The number of nitriles is 1. The molecule has 1 aliphatic rings. The molecule has 2 amide bonds. The maximum absolute atomic E-state index is 12.0. The van der Waals surface area contributed by atoms with Crippen LogP contribution < -0.4 is 10.2 Å². The quantitative estimate of drug-likeness (QED) is 0.904. The van der Waals surface area contributed by atoms with Gasteiger partial charge in [-0.1, -0.05) is 18.2 Å². The van der Waals surface area contributed by atoms with Gasteiger partial charge in [0.15, 0.2) is 0 Å². The zero-order chi connectivity index (χ0) is 13.9. The van der Waals surface area contributed by atoms with Gasteiger partial charge in [0.25, 0.3) is 0 Å². The summed E-state index contributed by atoms with van der Waals surface area (Å²) in [6.45, 7) is 0.530. The molecule has 2 aromatic rings. The average Bonchev–Trinajstić information content (AvgIpc) is 2.90. The number of urea groups is 1. The first-order valence-corrected chi connectivity index (χ1v) is 6.27. The van der Waals surface area contributed by atoms with Crippen molar-refractivity contribution < 1.29 is 4.79 Å². The molecule has 5 nitrogen and oxygen atoms in total. The summed E-state index contributed by atoms with van der Waals surface area (Å²) in [5, 5.41) is 11.7. The average molecular weight is 264 g/mol. The number of pyridine rings is 1. The molecule has 1 atom stereocenters. The van der Waals surface area contributed by atoms with Crippen molar-refractivity contribution in [1.82, 2.24) is 10.3 Å². The number of aromatic nitrogens is 1. The van der Waals surface area contributed by atoms with Gasteiger partial charge in [-0.25, -0.2) is 4.79 Å². The molecule has 1 unspecified atom stereocenters. The highest BCUT2D eigenvalue weighted by atomic mass is 16.2. The van der Waals surface area contributed by atoms with Crippen LogP contribution in [0.3, 0.4) is 0 Å². The zero-order valence-corrected chi connectivity index (χ0v) is 10.7. The van der Waals surface area contributed by atoms with Gasteiger partial charge >= 0.3 is 6.03 Å². The Labute approximate surface area is 116 Å². The second-order valence-corrected chi connectivity index (χ2v) is 4.53. The minimum atomic E-state index is -0.157. The second-order valence-electron chi connectivity index (χ2n) is 4.53. The van der Waals surface area contributed by atoms with Crippen LogP contribution in [0.5, 0.6) is 0 Å². The molecule has 0 bridgehead atoms. The highest BCUT2D eigenvalue weighted by Gasteiger charge is 2.31. The molecule has 5 heteroatoms. The molecule has 1 fully saturated rings.